The molecule has 7 nitrogen and oxygen atoms in total. The van der Waals surface area contributed by atoms with Crippen LogP contribution in [0.2, 0.25) is 0 Å². The first kappa shape index (κ1) is 16.7. The molecule has 130 valence electrons. The second-order valence-electron chi connectivity index (χ2n) is 6.96. The number of aliphatic carboxylic acids is 1. The number of nitro benzene ring substituents is 1. The van der Waals surface area contributed by atoms with E-state index in [0.29, 0.717) is 17.2 Å². The molecule has 0 amide bonds. The Labute approximate surface area is 140 Å². The smallest absolute Gasteiger partial charge is 0.317 e. The van der Waals surface area contributed by atoms with Crippen LogP contribution in [0.1, 0.15) is 31.2 Å². The van der Waals surface area contributed by atoms with E-state index in [1.54, 1.807) is 19.1 Å². The van der Waals surface area contributed by atoms with Gasteiger partial charge in [-0.05, 0) is 44.6 Å². The Hall–Kier alpha value is -2.15. The van der Waals surface area contributed by atoms with E-state index >= 15 is 0 Å². The van der Waals surface area contributed by atoms with Gasteiger partial charge in [0.05, 0.1) is 11.5 Å². The van der Waals surface area contributed by atoms with Gasteiger partial charge in [-0.15, -0.1) is 0 Å². The third-order valence-corrected chi connectivity index (χ3v) is 4.94. The van der Waals surface area contributed by atoms with E-state index in [2.05, 4.69) is 10.2 Å². The van der Waals surface area contributed by atoms with Crippen molar-refractivity contribution < 1.29 is 14.8 Å². The number of hydrogen-bond acceptors (Lipinski definition) is 5. The number of nitrogens with zero attached hydrogens (tertiary/aromatic N) is 2. The molecule has 2 fully saturated rings. The molecule has 0 unspecified atom stereocenters. The van der Waals surface area contributed by atoms with Crippen molar-refractivity contribution in [1.82, 2.24) is 4.90 Å². The largest absolute Gasteiger partial charge is 0.480 e. The summed E-state index contributed by atoms with van der Waals surface area (Å²) in [6.07, 6.45) is 4.04. The predicted molar refractivity (Wildman–Crippen MR) is 90.2 cm³/mol. The molecule has 0 aliphatic heterocycles. The Morgan fingerprint density at radius 1 is 1.42 bits per heavy atom. The van der Waals surface area contributed by atoms with Gasteiger partial charge in [-0.2, -0.15) is 0 Å². The zero-order valence-electron chi connectivity index (χ0n) is 13.8. The van der Waals surface area contributed by atoms with Gasteiger partial charge < -0.3 is 10.4 Å². The Morgan fingerprint density at radius 2 is 2.12 bits per heavy atom. The Morgan fingerprint density at radius 3 is 2.71 bits per heavy atom. The molecule has 0 radical (unpaired) electrons. The first-order chi connectivity index (χ1) is 11.4. The number of anilines is 1. The van der Waals surface area contributed by atoms with Crippen LogP contribution in [-0.2, 0) is 4.79 Å². The van der Waals surface area contributed by atoms with Gasteiger partial charge in [0.1, 0.15) is 5.69 Å². The number of carbonyl (C=O) groups is 1. The average molecular weight is 333 g/mol. The second-order valence-corrected chi connectivity index (χ2v) is 6.96. The molecule has 0 aromatic heterocycles. The first-order valence-corrected chi connectivity index (χ1v) is 8.40. The standard InChI is InChI=1S/C17H23N3O4/c1-11-3-2-4-15(17(11)20(23)24)18-13-7-14(8-13)19(10-16(21)22)9-12-5-6-12/h2-4,12-14,18H,5-10H2,1H3,(H,21,22). The number of nitro groups is 1. The molecule has 7 heteroatoms. The normalized spacial score (nSPS) is 22.9. The summed E-state index contributed by atoms with van der Waals surface area (Å²) in [5.41, 5.74) is 1.32. The number of aryl methyl sites for hydroxylation is 1. The van der Waals surface area contributed by atoms with E-state index in [1.165, 1.54) is 12.8 Å². The van der Waals surface area contributed by atoms with Gasteiger partial charge in [0, 0.05) is 24.2 Å². The number of rotatable bonds is 8. The van der Waals surface area contributed by atoms with E-state index in [0.717, 1.165) is 19.4 Å². The maximum absolute atomic E-state index is 11.2. The SMILES string of the molecule is Cc1cccc(NC2CC(N(CC(=O)O)CC3CC3)C2)c1[N+](=O)[O-]. The van der Waals surface area contributed by atoms with Crippen LogP contribution in [0.5, 0.6) is 0 Å². The first-order valence-electron chi connectivity index (χ1n) is 8.40. The molecule has 0 heterocycles. The van der Waals surface area contributed by atoms with Crippen LogP contribution in [0.15, 0.2) is 18.2 Å². The number of nitrogens with one attached hydrogen (secondary N) is 1. The number of hydrogen-bond donors (Lipinski definition) is 2. The van der Waals surface area contributed by atoms with Crippen molar-refractivity contribution in [3.8, 4) is 0 Å². The number of carboxylic acids is 1. The lowest BCUT2D eigenvalue weighted by Crippen LogP contribution is -2.52. The maximum atomic E-state index is 11.2. The van der Waals surface area contributed by atoms with Gasteiger partial charge in [0.25, 0.3) is 5.69 Å². The molecule has 2 N–H and O–H groups in total. The van der Waals surface area contributed by atoms with Crippen molar-refractivity contribution in [1.29, 1.82) is 0 Å². The van der Waals surface area contributed by atoms with Crippen molar-refractivity contribution >= 4 is 17.3 Å². The molecule has 0 saturated heterocycles. The quantitative estimate of drug-likeness (QED) is 0.561. The summed E-state index contributed by atoms with van der Waals surface area (Å²) in [6, 6.07) is 5.69. The zero-order valence-corrected chi connectivity index (χ0v) is 13.8. The second kappa shape index (κ2) is 6.76. The summed E-state index contributed by atoms with van der Waals surface area (Å²) in [5.74, 6) is -0.143. The van der Waals surface area contributed by atoms with Gasteiger partial charge in [-0.1, -0.05) is 12.1 Å². The lowest BCUT2D eigenvalue weighted by atomic mass is 9.85. The third kappa shape index (κ3) is 3.84. The maximum Gasteiger partial charge on any atom is 0.317 e. The van der Waals surface area contributed by atoms with Crippen LogP contribution in [0.3, 0.4) is 0 Å². The topological polar surface area (TPSA) is 95.7 Å². The van der Waals surface area contributed by atoms with Crippen LogP contribution in [0.4, 0.5) is 11.4 Å². The summed E-state index contributed by atoms with van der Waals surface area (Å²) in [5, 5.41) is 23.6. The highest BCUT2D eigenvalue weighted by atomic mass is 16.6. The minimum Gasteiger partial charge on any atom is -0.480 e. The van der Waals surface area contributed by atoms with E-state index < -0.39 is 5.97 Å². The molecule has 2 aliphatic rings. The molecule has 24 heavy (non-hydrogen) atoms. The van der Waals surface area contributed by atoms with E-state index in [4.69, 9.17) is 5.11 Å². The summed E-state index contributed by atoms with van der Waals surface area (Å²) in [4.78, 5) is 24.0. The summed E-state index contributed by atoms with van der Waals surface area (Å²) < 4.78 is 0. The van der Waals surface area contributed by atoms with Crippen LogP contribution < -0.4 is 5.32 Å². The molecule has 3 rings (SSSR count). The monoisotopic (exact) mass is 333 g/mol. The molecule has 0 bridgehead atoms. The summed E-state index contributed by atoms with van der Waals surface area (Å²) in [6.45, 7) is 2.67. The molecular formula is C17H23N3O4. The van der Waals surface area contributed by atoms with Crippen molar-refractivity contribution in [2.24, 2.45) is 5.92 Å². The van der Waals surface area contributed by atoms with E-state index in [1.807, 2.05) is 6.07 Å². The molecule has 2 aliphatic carbocycles. The number of benzene rings is 1. The summed E-state index contributed by atoms with van der Waals surface area (Å²) in [7, 11) is 0. The minimum atomic E-state index is -0.790. The van der Waals surface area contributed by atoms with E-state index in [9.17, 15) is 14.9 Å². The number of carboxylic acid groups (broad SMARTS) is 1. The van der Waals surface area contributed by atoms with Crippen molar-refractivity contribution in [2.75, 3.05) is 18.4 Å². The lowest BCUT2D eigenvalue weighted by molar-refractivity contribution is -0.384. The van der Waals surface area contributed by atoms with Crippen LogP contribution >= 0.6 is 0 Å². The van der Waals surface area contributed by atoms with Crippen molar-refractivity contribution in [3.63, 3.8) is 0 Å². The Kier molecular flexibility index (Phi) is 4.71. The number of para-hydroxylation sites is 1. The van der Waals surface area contributed by atoms with Gasteiger partial charge in [-0.25, -0.2) is 0 Å². The van der Waals surface area contributed by atoms with Crippen LogP contribution in [-0.4, -0.2) is 46.1 Å². The van der Waals surface area contributed by atoms with Crippen molar-refractivity contribution in [3.05, 3.63) is 33.9 Å². The van der Waals surface area contributed by atoms with Crippen LogP contribution in [0, 0.1) is 23.0 Å². The van der Waals surface area contributed by atoms with Gasteiger partial charge in [-0.3, -0.25) is 19.8 Å². The molecule has 2 saturated carbocycles. The molecule has 1 aromatic rings. The van der Waals surface area contributed by atoms with E-state index in [-0.39, 0.29) is 29.2 Å². The fraction of sp³-hybridized carbons (Fsp3) is 0.588. The van der Waals surface area contributed by atoms with Crippen molar-refractivity contribution in [2.45, 2.75) is 44.7 Å². The molecular weight excluding hydrogens is 310 g/mol. The van der Waals surface area contributed by atoms with Crippen LogP contribution in [0.25, 0.3) is 0 Å². The molecule has 1 aromatic carbocycles. The average Bonchev–Trinajstić information content (AvgIpc) is 3.24. The highest BCUT2D eigenvalue weighted by molar-refractivity contribution is 5.69. The fourth-order valence-corrected chi connectivity index (χ4v) is 3.39. The third-order valence-electron chi connectivity index (χ3n) is 4.94. The summed E-state index contributed by atoms with van der Waals surface area (Å²) >= 11 is 0. The minimum absolute atomic E-state index is 0.0818. The highest BCUT2D eigenvalue weighted by Gasteiger charge is 2.37. The Balaban J connectivity index is 1.59. The Bertz CT molecular complexity index is 639. The lowest BCUT2D eigenvalue weighted by Gasteiger charge is -2.43. The van der Waals surface area contributed by atoms with Gasteiger partial charge in [0.2, 0.25) is 0 Å². The highest BCUT2D eigenvalue weighted by Crippen LogP contribution is 2.36. The van der Waals surface area contributed by atoms with Gasteiger partial charge >= 0.3 is 5.97 Å². The molecule has 0 atom stereocenters. The predicted octanol–water partition coefficient (Wildman–Crippen LogP) is 2.64. The zero-order chi connectivity index (χ0) is 17.3. The van der Waals surface area contributed by atoms with Gasteiger partial charge in [0.15, 0.2) is 0 Å². The molecule has 0 spiro atoms. The fourth-order valence-electron chi connectivity index (χ4n) is 3.39.